The SMILES string of the molecule is CN(CC1CCN(c2ncnc3ccccc23)CC1)C(=O)c1cnn(C)c1. The van der Waals surface area contributed by atoms with Gasteiger partial charge in [-0.25, -0.2) is 9.97 Å². The number of hydrogen-bond acceptors (Lipinski definition) is 5. The van der Waals surface area contributed by atoms with Crippen LogP contribution in [-0.2, 0) is 7.05 Å². The summed E-state index contributed by atoms with van der Waals surface area (Å²) < 4.78 is 1.66. The molecule has 1 amide bonds. The summed E-state index contributed by atoms with van der Waals surface area (Å²) >= 11 is 0. The molecule has 1 fully saturated rings. The van der Waals surface area contributed by atoms with Gasteiger partial charge in [0.05, 0.1) is 17.3 Å². The van der Waals surface area contributed by atoms with Gasteiger partial charge in [-0.05, 0) is 30.9 Å². The third-order valence-corrected chi connectivity index (χ3v) is 5.27. The third kappa shape index (κ3) is 3.63. The lowest BCUT2D eigenvalue weighted by molar-refractivity contribution is 0.0765. The first-order chi connectivity index (χ1) is 13.1. The van der Waals surface area contributed by atoms with Gasteiger partial charge in [0.25, 0.3) is 5.91 Å². The van der Waals surface area contributed by atoms with Crippen molar-refractivity contribution in [2.24, 2.45) is 13.0 Å². The molecule has 2 aromatic heterocycles. The number of benzene rings is 1. The van der Waals surface area contributed by atoms with E-state index in [4.69, 9.17) is 0 Å². The van der Waals surface area contributed by atoms with Gasteiger partial charge in [0.1, 0.15) is 12.1 Å². The van der Waals surface area contributed by atoms with Gasteiger partial charge in [-0.1, -0.05) is 12.1 Å². The average molecular weight is 364 g/mol. The van der Waals surface area contributed by atoms with Gasteiger partial charge in [-0.2, -0.15) is 5.10 Å². The normalized spacial score (nSPS) is 15.3. The smallest absolute Gasteiger partial charge is 0.256 e. The van der Waals surface area contributed by atoms with Crippen LogP contribution in [-0.4, -0.2) is 57.2 Å². The summed E-state index contributed by atoms with van der Waals surface area (Å²) in [5.41, 5.74) is 1.62. The topological polar surface area (TPSA) is 67.2 Å². The van der Waals surface area contributed by atoms with Gasteiger partial charge in [0.2, 0.25) is 0 Å². The number of nitrogens with zero attached hydrogens (tertiary/aromatic N) is 6. The Hall–Kier alpha value is -2.96. The van der Waals surface area contributed by atoms with Crippen molar-refractivity contribution >= 4 is 22.6 Å². The Kier molecular flexibility index (Phi) is 4.75. The molecule has 0 saturated carbocycles. The summed E-state index contributed by atoms with van der Waals surface area (Å²) in [6.07, 6.45) is 7.12. The Labute approximate surface area is 158 Å². The van der Waals surface area contributed by atoms with Gasteiger partial charge in [0.15, 0.2) is 0 Å². The highest BCUT2D eigenvalue weighted by Crippen LogP contribution is 2.27. The molecule has 1 aliphatic heterocycles. The number of amides is 1. The van der Waals surface area contributed by atoms with Gasteiger partial charge in [-0.3, -0.25) is 9.48 Å². The number of rotatable bonds is 4. The van der Waals surface area contributed by atoms with E-state index in [2.05, 4.69) is 26.0 Å². The summed E-state index contributed by atoms with van der Waals surface area (Å²) in [7, 11) is 3.70. The number of aromatic nitrogens is 4. The molecular formula is C20H24N6O. The van der Waals surface area contributed by atoms with Crippen LogP contribution < -0.4 is 4.90 Å². The minimum Gasteiger partial charge on any atom is -0.356 e. The predicted octanol–water partition coefficient (Wildman–Crippen LogP) is 2.35. The molecule has 0 N–H and O–H groups in total. The van der Waals surface area contributed by atoms with Crippen molar-refractivity contribution in [3.63, 3.8) is 0 Å². The molecular weight excluding hydrogens is 340 g/mol. The van der Waals surface area contributed by atoms with Gasteiger partial charge in [-0.15, -0.1) is 0 Å². The zero-order chi connectivity index (χ0) is 18.8. The van der Waals surface area contributed by atoms with E-state index in [0.717, 1.165) is 49.2 Å². The van der Waals surface area contributed by atoms with Crippen molar-refractivity contribution < 1.29 is 4.79 Å². The molecule has 7 heteroatoms. The van der Waals surface area contributed by atoms with Crippen molar-refractivity contribution in [2.45, 2.75) is 12.8 Å². The molecule has 0 spiro atoms. The molecule has 0 unspecified atom stereocenters. The van der Waals surface area contributed by atoms with Crippen LogP contribution in [0, 0.1) is 5.92 Å². The van der Waals surface area contributed by atoms with Crippen molar-refractivity contribution in [1.29, 1.82) is 0 Å². The summed E-state index contributed by atoms with van der Waals surface area (Å²) in [5.74, 6) is 1.55. The van der Waals surface area contributed by atoms with E-state index in [1.807, 2.05) is 37.2 Å². The third-order valence-electron chi connectivity index (χ3n) is 5.27. The summed E-state index contributed by atoms with van der Waals surface area (Å²) in [6.45, 7) is 2.66. The van der Waals surface area contributed by atoms with Crippen molar-refractivity contribution in [1.82, 2.24) is 24.6 Å². The maximum Gasteiger partial charge on any atom is 0.256 e. The van der Waals surface area contributed by atoms with Crippen LogP contribution in [0.2, 0.25) is 0 Å². The second kappa shape index (κ2) is 7.34. The molecule has 0 atom stereocenters. The van der Waals surface area contributed by atoms with E-state index >= 15 is 0 Å². The van der Waals surface area contributed by atoms with E-state index in [1.165, 1.54) is 0 Å². The van der Waals surface area contributed by atoms with E-state index in [1.54, 1.807) is 23.4 Å². The van der Waals surface area contributed by atoms with E-state index < -0.39 is 0 Å². The van der Waals surface area contributed by atoms with Crippen LogP contribution in [0.15, 0.2) is 43.0 Å². The fraction of sp³-hybridized carbons (Fsp3) is 0.400. The number of carbonyl (C=O) groups is 1. The minimum absolute atomic E-state index is 0.0346. The molecule has 1 aliphatic rings. The Balaban J connectivity index is 1.38. The Morgan fingerprint density at radius 3 is 2.74 bits per heavy atom. The zero-order valence-corrected chi connectivity index (χ0v) is 15.7. The highest BCUT2D eigenvalue weighted by molar-refractivity contribution is 5.93. The first-order valence-electron chi connectivity index (χ1n) is 9.30. The molecule has 27 heavy (non-hydrogen) atoms. The monoisotopic (exact) mass is 364 g/mol. The van der Waals surface area contributed by atoms with E-state index in [0.29, 0.717) is 11.5 Å². The van der Waals surface area contributed by atoms with Crippen LogP contribution in [0.3, 0.4) is 0 Å². The molecule has 1 saturated heterocycles. The highest BCUT2D eigenvalue weighted by Gasteiger charge is 2.24. The van der Waals surface area contributed by atoms with Crippen LogP contribution in [0.25, 0.3) is 10.9 Å². The molecule has 140 valence electrons. The Morgan fingerprint density at radius 2 is 2.00 bits per heavy atom. The molecule has 7 nitrogen and oxygen atoms in total. The summed E-state index contributed by atoms with van der Waals surface area (Å²) in [6, 6.07) is 8.13. The van der Waals surface area contributed by atoms with Gasteiger partial charge in [0, 0.05) is 45.3 Å². The van der Waals surface area contributed by atoms with Crippen molar-refractivity contribution in [3.05, 3.63) is 48.5 Å². The molecule has 1 aromatic carbocycles. The summed E-state index contributed by atoms with van der Waals surface area (Å²) in [4.78, 5) is 25.5. The molecule has 3 aromatic rings. The first kappa shape index (κ1) is 17.5. The van der Waals surface area contributed by atoms with E-state index in [-0.39, 0.29) is 5.91 Å². The van der Waals surface area contributed by atoms with Crippen LogP contribution in [0.1, 0.15) is 23.2 Å². The predicted molar refractivity (Wildman–Crippen MR) is 105 cm³/mol. The second-order valence-corrected chi connectivity index (χ2v) is 7.23. The standard InChI is InChI=1S/C20H24N6O/c1-24(20(27)16-11-23-25(2)13-16)12-15-7-9-26(10-8-15)19-17-5-3-4-6-18(17)21-14-22-19/h3-6,11,13-15H,7-10,12H2,1-2H3. The molecule has 3 heterocycles. The van der Waals surface area contributed by atoms with Crippen molar-refractivity contribution in [3.8, 4) is 0 Å². The van der Waals surface area contributed by atoms with Crippen LogP contribution >= 0.6 is 0 Å². The number of piperidine rings is 1. The Bertz CT molecular complexity index is 939. The number of fused-ring (bicyclic) bond motifs is 1. The Morgan fingerprint density at radius 1 is 1.22 bits per heavy atom. The fourth-order valence-corrected chi connectivity index (χ4v) is 3.79. The second-order valence-electron chi connectivity index (χ2n) is 7.23. The van der Waals surface area contributed by atoms with Crippen LogP contribution in [0.4, 0.5) is 5.82 Å². The first-order valence-corrected chi connectivity index (χ1v) is 9.30. The van der Waals surface area contributed by atoms with Gasteiger partial charge >= 0.3 is 0 Å². The molecule has 0 bridgehead atoms. The van der Waals surface area contributed by atoms with Crippen molar-refractivity contribution in [2.75, 3.05) is 31.6 Å². The van der Waals surface area contributed by atoms with E-state index in [9.17, 15) is 4.79 Å². The largest absolute Gasteiger partial charge is 0.356 e. The lowest BCUT2D eigenvalue weighted by atomic mass is 9.96. The quantitative estimate of drug-likeness (QED) is 0.711. The minimum atomic E-state index is 0.0346. The molecule has 4 rings (SSSR count). The maximum absolute atomic E-state index is 12.5. The number of anilines is 1. The van der Waals surface area contributed by atoms with Gasteiger partial charge < -0.3 is 9.80 Å². The average Bonchev–Trinajstić information content (AvgIpc) is 3.14. The highest BCUT2D eigenvalue weighted by atomic mass is 16.2. The number of carbonyl (C=O) groups excluding carboxylic acids is 1. The lowest BCUT2D eigenvalue weighted by Crippen LogP contribution is -2.39. The zero-order valence-electron chi connectivity index (χ0n) is 15.7. The number of para-hydroxylation sites is 1. The number of aryl methyl sites for hydroxylation is 1. The molecule has 0 aliphatic carbocycles. The summed E-state index contributed by atoms with van der Waals surface area (Å²) in [5, 5.41) is 5.19. The fourth-order valence-electron chi connectivity index (χ4n) is 3.79. The lowest BCUT2D eigenvalue weighted by Gasteiger charge is -2.34. The van der Waals surface area contributed by atoms with Crippen LogP contribution in [0.5, 0.6) is 0 Å². The molecule has 0 radical (unpaired) electrons. The number of hydrogen-bond donors (Lipinski definition) is 0. The maximum atomic E-state index is 12.5.